The van der Waals surface area contributed by atoms with Gasteiger partial charge in [0.2, 0.25) is 0 Å². The van der Waals surface area contributed by atoms with Crippen LogP contribution in [0.1, 0.15) is 55.8 Å². The van der Waals surface area contributed by atoms with Gasteiger partial charge in [0.15, 0.2) is 0 Å². The zero-order valence-corrected chi connectivity index (χ0v) is 11.0. The smallest absolute Gasteiger partial charge is 0.138 e. The van der Waals surface area contributed by atoms with Crippen molar-refractivity contribution in [3.8, 4) is 6.07 Å². The molecule has 0 bridgehead atoms. The number of hydrogen-bond donors (Lipinski definition) is 1. The van der Waals surface area contributed by atoms with Crippen molar-refractivity contribution in [1.29, 1.82) is 5.26 Å². The Hall–Kier alpha value is -1.66. The van der Waals surface area contributed by atoms with Crippen LogP contribution in [0.15, 0.2) is 24.3 Å². The molecule has 1 saturated carbocycles. The Morgan fingerprint density at radius 3 is 2.53 bits per heavy atom. The molecular formula is C16H19NO2. The first kappa shape index (κ1) is 13.8. The zero-order chi connectivity index (χ0) is 13.7. The Morgan fingerprint density at radius 1 is 1.16 bits per heavy atom. The topological polar surface area (TPSA) is 61.1 Å². The van der Waals surface area contributed by atoms with Crippen LogP contribution in [0.3, 0.4) is 0 Å². The van der Waals surface area contributed by atoms with E-state index >= 15 is 0 Å². The van der Waals surface area contributed by atoms with Gasteiger partial charge in [0.25, 0.3) is 0 Å². The van der Waals surface area contributed by atoms with Crippen molar-refractivity contribution in [3.63, 3.8) is 0 Å². The molecule has 0 unspecified atom stereocenters. The number of ketones is 1. The summed E-state index contributed by atoms with van der Waals surface area (Å²) < 4.78 is 0. The van der Waals surface area contributed by atoms with Crippen LogP contribution < -0.4 is 0 Å². The molecule has 0 aliphatic heterocycles. The van der Waals surface area contributed by atoms with Crippen LogP contribution in [-0.2, 0) is 4.79 Å². The van der Waals surface area contributed by atoms with Crippen LogP contribution in [0.5, 0.6) is 0 Å². The maximum Gasteiger partial charge on any atom is 0.138 e. The van der Waals surface area contributed by atoms with Gasteiger partial charge in [0.05, 0.1) is 17.7 Å². The summed E-state index contributed by atoms with van der Waals surface area (Å²) >= 11 is 0. The Bertz CT molecular complexity index is 473. The van der Waals surface area contributed by atoms with Crippen molar-refractivity contribution in [2.75, 3.05) is 0 Å². The van der Waals surface area contributed by atoms with E-state index in [0.717, 1.165) is 37.7 Å². The van der Waals surface area contributed by atoms with E-state index in [9.17, 15) is 9.90 Å². The predicted octanol–water partition coefficient (Wildman–Crippen LogP) is 3.13. The monoisotopic (exact) mass is 257 g/mol. The fourth-order valence-electron chi connectivity index (χ4n) is 2.68. The van der Waals surface area contributed by atoms with E-state index in [4.69, 9.17) is 5.26 Å². The lowest BCUT2D eigenvalue weighted by molar-refractivity contribution is -0.127. The van der Waals surface area contributed by atoms with Crippen molar-refractivity contribution in [2.24, 2.45) is 5.92 Å². The highest BCUT2D eigenvalue weighted by molar-refractivity contribution is 5.81. The second-order valence-electron chi connectivity index (χ2n) is 5.20. The predicted molar refractivity (Wildman–Crippen MR) is 72.3 cm³/mol. The fourth-order valence-corrected chi connectivity index (χ4v) is 2.68. The molecule has 0 spiro atoms. The Kier molecular flexibility index (Phi) is 4.70. The third kappa shape index (κ3) is 3.42. The van der Waals surface area contributed by atoms with Gasteiger partial charge >= 0.3 is 0 Å². The standard InChI is InChI=1S/C16H19NO2/c17-11-12-7-9-13(10-8-12)16(19)14-5-3-1-2-4-6-15(14)18/h7-10,14,16,19H,1-6H2/t14-,16-/m0/s1. The average Bonchev–Trinajstić information content (AvgIpc) is 2.43. The van der Waals surface area contributed by atoms with Gasteiger partial charge in [-0.2, -0.15) is 5.26 Å². The van der Waals surface area contributed by atoms with Gasteiger partial charge in [0, 0.05) is 12.3 Å². The summed E-state index contributed by atoms with van der Waals surface area (Å²) in [5.74, 6) is -0.107. The fraction of sp³-hybridized carbons (Fsp3) is 0.500. The van der Waals surface area contributed by atoms with Crippen LogP contribution >= 0.6 is 0 Å². The highest BCUT2D eigenvalue weighted by atomic mass is 16.3. The first-order valence-corrected chi connectivity index (χ1v) is 6.93. The molecule has 3 nitrogen and oxygen atoms in total. The molecule has 0 amide bonds. The van der Waals surface area contributed by atoms with Crippen molar-refractivity contribution < 1.29 is 9.90 Å². The van der Waals surface area contributed by atoms with E-state index in [2.05, 4.69) is 6.07 Å². The highest BCUT2D eigenvalue weighted by Crippen LogP contribution is 2.30. The molecule has 2 rings (SSSR count). The Morgan fingerprint density at radius 2 is 1.84 bits per heavy atom. The molecule has 1 fully saturated rings. The zero-order valence-electron chi connectivity index (χ0n) is 11.0. The van der Waals surface area contributed by atoms with Gasteiger partial charge in [-0.05, 0) is 30.5 Å². The van der Waals surface area contributed by atoms with E-state index < -0.39 is 6.10 Å². The number of nitrogens with zero attached hydrogens (tertiary/aromatic N) is 1. The van der Waals surface area contributed by atoms with Gasteiger partial charge < -0.3 is 5.11 Å². The van der Waals surface area contributed by atoms with Gasteiger partial charge in [-0.3, -0.25) is 4.79 Å². The van der Waals surface area contributed by atoms with Crippen LogP contribution in [0.2, 0.25) is 0 Å². The molecule has 1 aromatic rings. The van der Waals surface area contributed by atoms with Crippen LogP contribution in [-0.4, -0.2) is 10.9 Å². The second kappa shape index (κ2) is 6.49. The minimum absolute atomic E-state index is 0.177. The van der Waals surface area contributed by atoms with E-state index in [0.29, 0.717) is 12.0 Å². The minimum atomic E-state index is -0.738. The third-order valence-corrected chi connectivity index (χ3v) is 3.86. The molecule has 19 heavy (non-hydrogen) atoms. The average molecular weight is 257 g/mol. The molecule has 0 aromatic heterocycles. The summed E-state index contributed by atoms with van der Waals surface area (Å²) in [6.45, 7) is 0. The van der Waals surface area contributed by atoms with Gasteiger partial charge in [-0.25, -0.2) is 0 Å². The molecule has 2 atom stereocenters. The number of aliphatic hydroxyl groups is 1. The molecule has 1 aliphatic carbocycles. The highest BCUT2D eigenvalue weighted by Gasteiger charge is 2.27. The Balaban J connectivity index is 2.13. The van der Waals surface area contributed by atoms with Crippen molar-refractivity contribution in [2.45, 2.75) is 44.6 Å². The van der Waals surface area contributed by atoms with Gasteiger partial charge in [-0.15, -0.1) is 0 Å². The lowest BCUT2D eigenvalue weighted by Crippen LogP contribution is -2.23. The van der Waals surface area contributed by atoms with E-state index in [-0.39, 0.29) is 11.7 Å². The van der Waals surface area contributed by atoms with Crippen LogP contribution in [0.25, 0.3) is 0 Å². The quantitative estimate of drug-likeness (QED) is 0.885. The van der Waals surface area contributed by atoms with E-state index in [1.165, 1.54) is 0 Å². The largest absolute Gasteiger partial charge is 0.388 e. The maximum atomic E-state index is 12.1. The second-order valence-corrected chi connectivity index (χ2v) is 5.20. The Labute approximate surface area is 113 Å². The number of carbonyl (C=O) groups is 1. The van der Waals surface area contributed by atoms with Crippen LogP contribution in [0, 0.1) is 17.2 Å². The molecule has 1 N–H and O–H groups in total. The molecule has 100 valence electrons. The SMILES string of the molecule is N#Cc1ccc([C@H](O)[C@H]2CCCCCCC2=O)cc1. The summed E-state index contributed by atoms with van der Waals surface area (Å²) in [5.41, 5.74) is 1.30. The summed E-state index contributed by atoms with van der Waals surface area (Å²) in [5, 5.41) is 19.2. The molecule has 0 heterocycles. The van der Waals surface area contributed by atoms with Crippen molar-refractivity contribution in [1.82, 2.24) is 0 Å². The van der Waals surface area contributed by atoms with Gasteiger partial charge in [-0.1, -0.05) is 31.4 Å². The number of benzene rings is 1. The van der Waals surface area contributed by atoms with E-state index in [1.807, 2.05) is 0 Å². The number of hydrogen-bond acceptors (Lipinski definition) is 3. The first-order chi connectivity index (χ1) is 9.22. The van der Waals surface area contributed by atoms with Gasteiger partial charge in [0.1, 0.15) is 5.78 Å². The summed E-state index contributed by atoms with van der Waals surface area (Å²) in [6.07, 6.45) is 4.81. The lowest BCUT2D eigenvalue weighted by Gasteiger charge is -2.24. The number of Topliss-reactive ketones (excluding diaryl/α,β-unsaturated/α-hetero) is 1. The number of aliphatic hydroxyl groups excluding tert-OH is 1. The number of carbonyl (C=O) groups excluding carboxylic acids is 1. The number of rotatable bonds is 2. The van der Waals surface area contributed by atoms with Crippen molar-refractivity contribution in [3.05, 3.63) is 35.4 Å². The minimum Gasteiger partial charge on any atom is -0.388 e. The molecule has 0 saturated heterocycles. The molecule has 3 heteroatoms. The molecular weight excluding hydrogens is 238 g/mol. The third-order valence-electron chi connectivity index (χ3n) is 3.86. The van der Waals surface area contributed by atoms with Crippen LogP contribution in [0.4, 0.5) is 0 Å². The summed E-state index contributed by atoms with van der Waals surface area (Å²) in [4.78, 5) is 12.1. The first-order valence-electron chi connectivity index (χ1n) is 6.93. The maximum absolute atomic E-state index is 12.1. The summed E-state index contributed by atoms with van der Waals surface area (Å²) in [7, 11) is 0. The normalized spacial score (nSPS) is 22.1. The molecule has 1 aromatic carbocycles. The molecule has 0 radical (unpaired) electrons. The van der Waals surface area contributed by atoms with E-state index in [1.54, 1.807) is 24.3 Å². The lowest BCUT2D eigenvalue weighted by atomic mass is 9.83. The summed E-state index contributed by atoms with van der Waals surface area (Å²) in [6, 6.07) is 8.91. The van der Waals surface area contributed by atoms with Crippen molar-refractivity contribution >= 4 is 5.78 Å². The number of nitriles is 1. The molecule has 1 aliphatic rings.